The van der Waals surface area contributed by atoms with Gasteiger partial charge in [0.25, 0.3) is 5.91 Å². The highest BCUT2D eigenvalue weighted by atomic mass is 35.5. The van der Waals surface area contributed by atoms with Crippen molar-refractivity contribution in [2.75, 3.05) is 40.4 Å². The fourth-order valence-electron chi connectivity index (χ4n) is 3.59. The van der Waals surface area contributed by atoms with Gasteiger partial charge in [0.15, 0.2) is 11.5 Å². The summed E-state index contributed by atoms with van der Waals surface area (Å²) in [5.41, 5.74) is 2.65. The summed E-state index contributed by atoms with van der Waals surface area (Å²) in [4.78, 5) is 21.9. The minimum Gasteiger partial charge on any atom is -0.493 e. The molecule has 1 aliphatic rings. The first-order valence-electron chi connectivity index (χ1n) is 10.0. The summed E-state index contributed by atoms with van der Waals surface area (Å²) in [6, 6.07) is 13.0. The monoisotopic (exact) mass is 457 g/mol. The third-order valence-corrected chi connectivity index (χ3v) is 6.43. The summed E-state index contributed by atoms with van der Waals surface area (Å²) < 4.78 is 10.6. The molecule has 0 N–H and O–H groups in total. The van der Waals surface area contributed by atoms with Gasteiger partial charge in [0.05, 0.1) is 26.5 Å². The average molecular weight is 458 g/mol. The minimum absolute atomic E-state index is 0.0138. The number of piperazine rings is 1. The molecule has 4 rings (SSSR count). The number of methoxy groups -OCH3 is 2. The molecule has 31 heavy (non-hydrogen) atoms. The highest BCUT2D eigenvalue weighted by Crippen LogP contribution is 2.28. The molecule has 0 saturated carbocycles. The Hall–Kier alpha value is -2.61. The maximum atomic E-state index is 12.9. The lowest BCUT2D eigenvalue weighted by Crippen LogP contribution is -2.48. The van der Waals surface area contributed by atoms with Crippen LogP contribution in [0.25, 0.3) is 11.3 Å². The molecule has 162 valence electrons. The second-order valence-electron chi connectivity index (χ2n) is 7.27. The first-order chi connectivity index (χ1) is 15.1. The number of amides is 1. The van der Waals surface area contributed by atoms with E-state index < -0.39 is 0 Å². The lowest BCUT2D eigenvalue weighted by molar-refractivity contribution is 0.0628. The molecule has 1 fully saturated rings. The molecule has 0 atom stereocenters. The second kappa shape index (κ2) is 9.68. The summed E-state index contributed by atoms with van der Waals surface area (Å²) in [5.74, 6) is 1.19. The number of benzene rings is 2. The Labute approximate surface area is 191 Å². The number of ether oxygens (including phenoxy) is 2. The summed E-state index contributed by atoms with van der Waals surface area (Å²) in [5, 5.41) is 3.87. The minimum atomic E-state index is 0.0138. The summed E-state index contributed by atoms with van der Waals surface area (Å²) >= 11 is 7.63. The molecule has 8 heteroatoms. The fourth-order valence-corrected chi connectivity index (χ4v) is 4.56. The zero-order valence-electron chi connectivity index (χ0n) is 17.5. The summed E-state index contributed by atoms with van der Waals surface area (Å²) in [7, 11) is 3.15. The molecular formula is C23H24ClN3O3S. The van der Waals surface area contributed by atoms with Crippen molar-refractivity contribution in [1.82, 2.24) is 14.8 Å². The van der Waals surface area contributed by atoms with E-state index in [1.807, 2.05) is 29.2 Å². The molecule has 0 aliphatic carbocycles. The Bertz CT molecular complexity index is 1050. The smallest absolute Gasteiger partial charge is 0.254 e. The van der Waals surface area contributed by atoms with Crippen molar-refractivity contribution >= 4 is 28.8 Å². The van der Waals surface area contributed by atoms with Crippen molar-refractivity contribution in [3.05, 3.63) is 63.4 Å². The predicted molar refractivity (Wildman–Crippen MR) is 123 cm³/mol. The molecule has 1 aliphatic heterocycles. The van der Waals surface area contributed by atoms with Gasteiger partial charge in [-0.25, -0.2) is 4.98 Å². The van der Waals surface area contributed by atoms with Gasteiger partial charge in [-0.2, -0.15) is 0 Å². The Morgan fingerprint density at radius 2 is 1.74 bits per heavy atom. The van der Waals surface area contributed by atoms with E-state index in [4.69, 9.17) is 26.1 Å². The van der Waals surface area contributed by atoms with Crippen LogP contribution in [0.4, 0.5) is 0 Å². The molecule has 0 unspecified atom stereocenters. The summed E-state index contributed by atoms with van der Waals surface area (Å²) in [6.45, 7) is 3.78. The highest BCUT2D eigenvalue weighted by Gasteiger charge is 2.23. The van der Waals surface area contributed by atoms with Gasteiger partial charge < -0.3 is 14.4 Å². The van der Waals surface area contributed by atoms with Gasteiger partial charge in [0, 0.05) is 47.7 Å². The van der Waals surface area contributed by atoms with Crippen LogP contribution in [0.3, 0.4) is 0 Å². The lowest BCUT2D eigenvalue weighted by Gasteiger charge is -2.34. The fraction of sp³-hybridized carbons (Fsp3) is 0.304. The van der Waals surface area contributed by atoms with Crippen LogP contribution < -0.4 is 9.47 Å². The molecule has 2 aromatic carbocycles. The Morgan fingerprint density at radius 3 is 2.42 bits per heavy atom. The normalized spacial score (nSPS) is 14.5. The van der Waals surface area contributed by atoms with Crippen LogP contribution in [0, 0.1) is 0 Å². The van der Waals surface area contributed by atoms with Crippen molar-refractivity contribution in [2.24, 2.45) is 0 Å². The number of thiazole rings is 1. The summed E-state index contributed by atoms with van der Waals surface area (Å²) in [6.07, 6.45) is 0. The average Bonchev–Trinajstić information content (AvgIpc) is 3.27. The number of carbonyl (C=O) groups excluding carboxylic acids is 1. The molecule has 0 spiro atoms. The number of carbonyl (C=O) groups is 1. The van der Waals surface area contributed by atoms with Crippen LogP contribution in [0.5, 0.6) is 11.5 Å². The number of halogens is 1. The maximum absolute atomic E-state index is 12.9. The van der Waals surface area contributed by atoms with E-state index >= 15 is 0 Å². The third kappa shape index (κ3) is 5.01. The standard InChI is InChI=1S/C23H24ClN3O3S/c1-29-20-8-5-17(13-21(20)30-2)23(28)27-11-9-26(10-12-27)14-22-25-19(15-31-22)16-3-6-18(24)7-4-16/h3-8,13,15H,9-12,14H2,1-2H3. The topological polar surface area (TPSA) is 54.9 Å². The van der Waals surface area contributed by atoms with Gasteiger partial charge in [0.1, 0.15) is 5.01 Å². The van der Waals surface area contributed by atoms with Crippen molar-refractivity contribution in [1.29, 1.82) is 0 Å². The molecule has 6 nitrogen and oxygen atoms in total. The molecule has 3 aromatic rings. The maximum Gasteiger partial charge on any atom is 0.254 e. The molecule has 2 heterocycles. The van der Waals surface area contributed by atoms with E-state index in [1.54, 1.807) is 43.8 Å². The lowest BCUT2D eigenvalue weighted by atomic mass is 10.1. The SMILES string of the molecule is COc1ccc(C(=O)N2CCN(Cc3nc(-c4ccc(Cl)cc4)cs3)CC2)cc1OC. The highest BCUT2D eigenvalue weighted by molar-refractivity contribution is 7.09. The van der Waals surface area contributed by atoms with Crippen LogP contribution in [0.1, 0.15) is 15.4 Å². The van der Waals surface area contributed by atoms with E-state index in [1.165, 1.54) is 0 Å². The first kappa shape index (κ1) is 21.6. The zero-order valence-corrected chi connectivity index (χ0v) is 19.1. The van der Waals surface area contributed by atoms with Crippen molar-refractivity contribution in [2.45, 2.75) is 6.54 Å². The van der Waals surface area contributed by atoms with Crippen LogP contribution in [0.15, 0.2) is 47.8 Å². The van der Waals surface area contributed by atoms with Gasteiger partial charge in [-0.05, 0) is 30.3 Å². The van der Waals surface area contributed by atoms with E-state index in [9.17, 15) is 4.79 Å². The largest absolute Gasteiger partial charge is 0.493 e. The Morgan fingerprint density at radius 1 is 1.03 bits per heavy atom. The molecule has 1 aromatic heterocycles. The molecule has 0 bridgehead atoms. The van der Waals surface area contributed by atoms with Crippen molar-refractivity contribution in [3.8, 4) is 22.8 Å². The number of hydrogen-bond acceptors (Lipinski definition) is 6. The quantitative estimate of drug-likeness (QED) is 0.547. The van der Waals surface area contributed by atoms with Crippen molar-refractivity contribution in [3.63, 3.8) is 0 Å². The molecule has 0 radical (unpaired) electrons. The van der Waals surface area contributed by atoms with Crippen LogP contribution in [-0.2, 0) is 6.54 Å². The zero-order chi connectivity index (χ0) is 21.8. The van der Waals surface area contributed by atoms with E-state index in [0.29, 0.717) is 30.2 Å². The van der Waals surface area contributed by atoms with Crippen LogP contribution in [0.2, 0.25) is 5.02 Å². The van der Waals surface area contributed by atoms with E-state index in [0.717, 1.165) is 40.9 Å². The second-order valence-corrected chi connectivity index (χ2v) is 8.65. The van der Waals surface area contributed by atoms with Gasteiger partial charge in [-0.15, -0.1) is 11.3 Å². The number of rotatable bonds is 6. The first-order valence-corrected chi connectivity index (χ1v) is 11.3. The van der Waals surface area contributed by atoms with E-state index in [2.05, 4.69) is 10.3 Å². The van der Waals surface area contributed by atoms with Gasteiger partial charge in [0.2, 0.25) is 0 Å². The predicted octanol–water partition coefficient (Wildman–Crippen LogP) is 4.44. The Balaban J connectivity index is 1.34. The number of hydrogen-bond donors (Lipinski definition) is 0. The van der Waals surface area contributed by atoms with Crippen LogP contribution in [-0.4, -0.2) is 61.1 Å². The van der Waals surface area contributed by atoms with Gasteiger partial charge >= 0.3 is 0 Å². The van der Waals surface area contributed by atoms with Crippen molar-refractivity contribution < 1.29 is 14.3 Å². The van der Waals surface area contributed by atoms with E-state index in [-0.39, 0.29) is 5.91 Å². The van der Waals surface area contributed by atoms with Crippen LogP contribution >= 0.6 is 22.9 Å². The third-order valence-electron chi connectivity index (χ3n) is 5.34. The molecule has 1 amide bonds. The number of aromatic nitrogens is 1. The van der Waals surface area contributed by atoms with Gasteiger partial charge in [-0.1, -0.05) is 23.7 Å². The number of nitrogens with zero attached hydrogens (tertiary/aromatic N) is 3. The van der Waals surface area contributed by atoms with Gasteiger partial charge in [-0.3, -0.25) is 9.69 Å². The molecular weight excluding hydrogens is 434 g/mol. The Kier molecular flexibility index (Phi) is 6.75. The molecule has 1 saturated heterocycles.